The third-order valence-corrected chi connectivity index (χ3v) is 6.20. The number of nitrogens with one attached hydrogen (secondary N) is 4. The van der Waals surface area contributed by atoms with Gasteiger partial charge in [-0.1, -0.05) is 19.1 Å². The number of aromatic nitrogens is 4. The van der Waals surface area contributed by atoms with Crippen LogP contribution in [0, 0.1) is 0 Å². The van der Waals surface area contributed by atoms with E-state index in [1.54, 1.807) is 18.5 Å². The summed E-state index contributed by atoms with van der Waals surface area (Å²) < 4.78 is 6.29. The molecule has 0 radical (unpaired) electrons. The van der Waals surface area contributed by atoms with Crippen LogP contribution in [0.4, 0.5) is 11.6 Å². The van der Waals surface area contributed by atoms with Gasteiger partial charge < -0.3 is 20.7 Å². The third kappa shape index (κ3) is 4.65. The quantitative estimate of drug-likeness (QED) is 0.331. The van der Waals surface area contributed by atoms with Gasteiger partial charge in [-0.15, -0.1) is 0 Å². The summed E-state index contributed by atoms with van der Waals surface area (Å²) in [6, 6.07) is 9.67. The van der Waals surface area contributed by atoms with E-state index in [2.05, 4.69) is 31.1 Å². The summed E-state index contributed by atoms with van der Waals surface area (Å²) >= 11 is 0. The smallest absolute Gasteiger partial charge is 0.252 e. The van der Waals surface area contributed by atoms with Gasteiger partial charge in [0.15, 0.2) is 0 Å². The lowest BCUT2D eigenvalue weighted by Gasteiger charge is -2.24. The van der Waals surface area contributed by atoms with Crippen molar-refractivity contribution in [3.8, 4) is 5.75 Å². The molecule has 9 heteroatoms. The normalized spacial score (nSPS) is 15.4. The molecule has 1 aliphatic heterocycles. The number of nitrogens with zero attached hydrogens (tertiary/aromatic N) is 3. The Labute approximate surface area is 197 Å². The van der Waals surface area contributed by atoms with E-state index < -0.39 is 0 Å². The van der Waals surface area contributed by atoms with E-state index >= 15 is 0 Å². The number of carbonyl (C=O) groups is 1. The van der Waals surface area contributed by atoms with E-state index in [0.717, 1.165) is 59.9 Å². The number of anilines is 2. The predicted molar refractivity (Wildman–Crippen MR) is 133 cm³/mol. The van der Waals surface area contributed by atoms with E-state index in [-0.39, 0.29) is 18.1 Å². The van der Waals surface area contributed by atoms with Crippen LogP contribution in [0.25, 0.3) is 21.8 Å². The molecule has 4 N–H and O–H groups in total. The molecule has 3 heterocycles. The van der Waals surface area contributed by atoms with Gasteiger partial charge in [-0.25, -0.2) is 9.97 Å². The zero-order valence-corrected chi connectivity index (χ0v) is 19.4. The number of fused-ring (bicyclic) bond motifs is 2. The highest BCUT2D eigenvalue weighted by Gasteiger charge is 2.18. The summed E-state index contributed by atoms with van der Waals surface area (Å²) in [6.45, 7) is 5.94. The average molecular weight is 460 g/mol. The Bertz CT molecular complexity index is 1310. The number of benzene rings is 2. The molecule has 1 fully saturated rings. The van der Waals surface area contributed by atoms with Gasteiger partial charge in [0.2, 0.25) is 5.95 Å². The lowest BCUT2D eigenvalue weighted by Crippen LogP contribution is -2.34. The molecular formula is C25H29N7O2. The minimum atomic E-state index is -0.138. The van der Waals surface area contributed by atoms with Crippen LogP contribution in [0.1, 0.15) is 43.5 Å². The Kier molecular flexibility index (Phi) is 6.27. The number of hydrogen-bond donors (Lipinski definition) is 4. The Morgan fingerprint density at radius 2 is 2.09 bits per heavy atom. The van der Waals surface area contributed by atoms with Crippen molar-refractivity contribution in [1.82, 2.24) is 30.8 Å². The second kappa shape index (κ2) is 9.64. The van der Waals surface area contributed by atoms with Crippen LogP contribution in [0.2, 0.25) is 0 Å². The van der Waals surface area contributed by atoms with Gasteiger partial charge >= 0.3 is 0 Å². The second-order valence-electron chi connectivity index (χ2n) is 8.72. The molecule has 0 bridgehead atoms. The lowest BCUT2D eigenvalue weighted by molar-refractivity contribution is 0.0941. The average Bonchev–Trinajstić information content (AvgIpc) is 3.33. The number of carbonyl (C=O) groups excluding carboxylic acids is 1. The molecule has 1 unspecified atom stereocenters. The molecule has 0 spiro atoms. The van der Waals surface area contributed by atoms with E-state index in [0.29, 0.717) is 17.2 Å². The van der Waals surface area contributed by atoms with Crippen molar-refractivity contribution in [3.05, 3.63) is 48.3 Å². The van der Waals surface area contributed by atoms with Crippen LogP contribution in [-0.4, -0.2) is 51.3 Å². The van der Waals surface area contributed by atoms with E-state index in [9.17, 15) is 4.79 Å². The Morgan fingerprint density at radius 1 is 1.24 bits per heavy atom. The summed E-state index contributed by atoms with van der Waals surface area (Å²) in [6.07, 6.45) is 6.42. The van der Waals surface area contributed by atoms with E-state index in [1.807, 2.05) is 38.1 Å². The molecule has 176 valence electrons. The van der Waals surface area contributed by atoms with Gasteiger partial charge in [0.1, 0.15) is 17.4 Å². The molecule has 2 aromatic carbocycles. The molecule has 1 aliphatic rings. The first kappa shape index (κ1) is 22.1. The van der Waals surface area contributed by atoms with Gasteiger partial charge in [0.05, 0.1) is 17.3 Å². The number of amides is 1. The van der Waals surface area contributed by atoms with Gasteiger partial charge in [0, 0.05) is 28.7 Å². The van der Waals surface area contributed by atoms with Crippen molar-refractivity contribution in [2.24, 2.45) is 0 Å². The van der Waals surface area contributed by atoms with Crippen molar-refractivity contribution in [1.29, 1.82) is 0 Å². The fourth-order valence-electron chi connectivity index (χ4n) is 4.12. The largest absolute Gasteiger partial charge is 0.488 e. The summed E-state index contributed by atoms with van der Waals surface area (Å²) in [5.41, 5.74) is 2.76. The van der Waals surface area contributed by atoms with Gasteiger partial charge in [0.25, 0.3) is 5.91 Å². The first-order valence-electron chi connectivity index (χ1n) is 11.8. The molecule has 9 nitrogen and oxygen atoms in total. The van der Waals surface area contributed by atoms with Crippen LogP contribution in [-0.2, 0) is 0 Å². The maximum absolute atomic E-state index is 12.9. The first-order chi connectivity index (χ1) is 16.6. The number of aromatic amines is 1. The van der Waals surface area contributed by atoms with Crippen molar-refractivity contribution >= 4 is 39.3 Å². The lowest BCUT2D eigenvalue weighted by atomic mass is 10.1. The number of ether oxygens (including phenoxy) is 1. The van der Waals surface area contributed by atoms with Crippen molar-refractivity contribution in [2.75, 3.05) is 18.4 Å². The monoisotopic (exact) mass is 459 g/mol. The van der Waals surface area contributed by atoms with Gasteiger partial charge in [-0.2, -0.15) is 5.10 Å². The standard InChI is InChI=1S/C25H29N7O2/c1-3-15(2)29-24(33)19-11-17(12-21-20(19)14-28-32-21)30-25-27-13-16-5-4-6-22(23(16)31-25)34-18-7-9-26-10-8-18/h4-6,11-15,18,26H,3,7-10H2,1-2H3,(H,28,32)(H,29,33)(H,27,30,31). The van der Waals surface area contributed by atoms with E-state index in [1.165, 1.54) is 0 Å². The summed E-state index contributed by atoms with van der Waals surface area (Å²) in [4.78, 5) is 22.1. The Balaban J connectivity index is 1.45. The highest BCUT2D eigenvalue weighted by Crippen LogP contribution is 2.28. The number of para-hydroxylation sites is 1. The summed E-state index contributed by atoms with van der Waals surface area (Å²) in [5.74, 6) is 1.05. The molecule has 1 amide bonds. The molecule has 2 aromatic heterocycles. The zero-order valence-electron chi connectivity index (χ0n) is 19.4. The fraction of sp³-hybridized carbons (Fsp3) is 0.360. The number of rotatable bonds is 7. The zero-order chi connectivity index (χ0) is 23.5. The molecular weight excluding hydrogens is 430 g/mol. The van der Waals surface area contributed by atoms with Crippen LogP contribution in [0.5, 0.6) is 5.75 Å². The molecule has 4 aromatic rings. The highest BCUT2D eigenvalue weighted by atomic mass is 16.5. The van der Waals surface area contributed by atoms with Crippen LogP contribution in [0.15, 0.2) is 42.7 Å². The molecule has 1 saturated heterocycles. The van der Waals surface area contributed by atoms with E-state index in [4.69, 9.17) is 9.72 Å². The number of H-pyrrole nitrogens is 1. The van der Waals surface area contributed by atoms with Gasteiger partial charge in [-0.3, -0.25) is 9.89 Å². The Morgan fingerprint density at radius 3 is 2.91 bits per heavy atom. The topological polar surface area (TPSA) is 117 Å². The number of hydrogen-bond acceptors (Lipinski definition) is 7. The van der Waals surface area contributed by atoms with Crippen molar-refractivity contribution < 1.29 is 9.53 Å². The molecule has 34 heavy (non-hydrogen) atoms. The molecule has 5 rings (SSSR count). The summed E-state index contributed by atoms with van der Waals surface area (Å²) in [7, 11) is 0. The van der Waals surface area contributed by atoms with Crippen molar-refractivity contribution in [2.45, 2.75) is 45.3 Å². The maximum atomic E-state index is 12.9. The van der Waals surface area contributed by atoms with Crippen molar-refractivity contribution in [3.63, 3.8) is 0 Å². The summed E-state index contributed by atoms with van der Waals surface area (Å²) in [5, 5.41) is 18.4. The second-order valence-corrected chi connectivity index (χ2v) is 8.72. The van der Waals surface area contributed by atoms with Gasteiger partial charge in [-0.05, 0) is 57.5 Å². The molecule has 0 aliphatic carbocycles. The van der Waals surface area contributed by atoms with Crippen LogP contribution >= 0.6 is 0 Å². The first-order valence-corrected chi connectivity index (χ1v) is 11.8. The fourth-order valence-corrected chi connectivity index (χ4v) is 4.12. The minimum absolute atomic E-state index is 0.0771. The van der Waals surface area contributed by atoms with Crippen LogP contribution in [0.3, 0.4) is 0 Å². The molecule has 1 atom stereocenters. The maximum Gasteiger partial charge on any atom is 0.252 e. The molecule has 0 saturated carbocycles. The predicted octanol–water partition coefficient (Wildman–Crippen LogP) is 3.91. The SMILES string of the molecule is CCC(C)NC(=O)c1cc(Nc2ncc3cccc(OC4CCNCC4)c3n2)cc2[nH]ncc12. The van der Waals surface area contributed by atoms with Crippen LogP contribution < -0.4 is 20.7 Å². The highest BCUT2D eigenvalue weighted by molar-refractivity contribution is 6.07. The number of piperidine rings is 1. The third-order valence-electron chi connectivity index (χ3n) is 6.20. The Hall–Kier alpha value is -3.72. The minimum Gasteiger partial charge on any atom is -0.488 e.